The second-order valence-electron chi connectivity index (χ2n) is 8.56. The maximum absolute atomic E-state index is 11.1. The standard InChI is InChI=1S/C22H25N5O3/c1-22(2,3)16-5-4-6-17(11-16)24-18-8-7-14(12-23-18)19-25-20(30-26-19)15-9-10-27(13-15)21(28)29/h4-8,11-12,15H,9-10,13H2,1-3H3,(H,23,24)(H,28,29). The number of benzene rings is 1. The van der Waals surface area contributed by atoms with Crippen LogP contribution in [0.25, 0.3) is 11.4 Å². The summed E-state index contributed by atoms with van der Waals surface area (Å²) in [6.45, 7) is 7.41. The molecule has 8 heteroatoms. The van der Waals surface area contributed by atoms with Crippen molar-refractivity contribution < 1.29 is 14.4 Å². The lowest BCUT2D eigenvalue weighted by molar-refractivity contribution is 0.154. The van der Waals surface area contributed by atoms with Gasteiger partial charge in [0, 0.05) is 30.5 Å². The molecule has 1 unspecified atom stereocenters. The molecule has 1 saturated heterocycles. The summed E-state index contributed by atoms with van der Waals surface area (Å²) in [7, 11) is 0. The number of hydrogen-bond donors (Lipinski definition) is 2. The number of anilines is 2. The summed E-state index contributed by atoms with van der Waals surface area (Å²) in [5.74, 6) is 1.58. The van der Waals surface area contributed by atoms with Gasteiger partial charge < -0.3 is 19.8 Å². The Kier molecular flexibility index (Phi) is 5.15. The fraction of sp³-hybridized carbons (Fsp3) is 0.364. The van der Waals surface area contributed by atoms with Crippen LogP contribution in [0.15, 0.2) is 47.1 Å². The molecule has 1 fully saturated rings. The molecule has 1 aliphatic heterocycles. The Bertz CT molecular complexity index is 1040. The first-order valence-corrected chi connectivity index (χ1v) is 9.95. The number of amides is 1. The second kappa shape index (κ2) is 7.78. The predicted molar refractivity (Wildman–Crippen MR) is 113 cm³/mol. The van der Waals surface area contributed by atoms with Crippen molar-refractivity contribution in [3.8, 4) is 11.4 Å². The number of rotatable bonds is 4. The number of nitrogens with zero attached hydrogens (tertiary/aromatic N) is 4. The molecule has 0 saturated carbocycles. The first kappa shape index (κ1) is 19.9. The summed E-state index contributed by atoms with van der Waals surface area (Å²) in [4.78, 5) is 21.4. The summed E-state index contributed by atoms with van der Waals surface area (Å²) in [5, 5.41) is 16.5. The molecule has 1 atom stereocenters. The smallest absolute Gasteiger partial charge is 0.407 e. The van der Waals surface area contributed by atoms with Crippen LogP contribution in [0.4, 0.5) is 16.3 Å². The average Bonchev–Trinajstić information content (AvgIpc) is 3.38. The normalized spacial score (nSPS) is 16.6. The van der Waals surface area contributed by atoms with E-state index in [-0.39, 0.29) is 11.3 Å². The molecular formula is C22H25N5O3. The summed E-state index contributed by atoms with van der Waals surface area (Å²) >= 11 is 0. The van der Waals surface area contributed by atoms with Crippen LogP contribution in [0, 0.1) is 0 Å². The summed E-state index contributed by atoms with van der Waals surface area (Å²) in [5.41, 5.74) is 3.05. The van der Waals surface area contributed by atoms with Crippen LogP contribution in [0.3, 0.4) is 0 Å². The molecule has 2 aromatic heterocycles. The van der Waals surface area contributed by atoms with Crippen LogP contribution in [0.5, 0.6) is 0 Å². The molecule has 156 valence electrons. The van der Waals surface area contributed by atoms with Crippen LogP contribution in [0.2, 0.25) is 0 Å². The highest BCUT2D eigenvalue weighted by molar-refractivity contribution is 5.65. The Morgan fingerprint density at radius 1 is 1.27 bits per heavy atom. The number of likely N-dealkylation sites (tertiary alicyclic amines) is 1. The van der Waals surface area contributed by atoms with E-state index in [0.29, 0.717) is 31.2 Å². The zero-order valence-corrected chi connectivity index (χ0v) is 17.3. The van der Waals surface area contributed by atoms with Gasteiger partial charge in [-0.05, 0) is 41.7 Å². The number of nitrogens with one attached hydrogen (secondary N) is 1. The molecule has 1 aliphatic rings. The van der Waals surface area contributed by atoms with Gasteiger partial charge in [0.25, 0.3) is 0 Å². The summed E-state index contributed by atoms with van der Waals surface area (Å²) in [6.07, 6.45) is 1.46. The van der Waals surface area contributed by atoms with Crippen molar-refractivity contribution >= 4 is 17.6 Å². The van der Waals surface area contributed by atoms with Crippen molar-refractivity contribution in [2.45, 2.75) is 38.5 Å². The van der Waals surface area contributed by atoms with E-state index in [2.05, 4.69) is 53.3 Å². The van der Waals surface area contributed by atoms with Crippen LogP contribution >= 0.6 is 0 Å². The quantitative estimate of drug-likeness (QED) is 0.649. The Labute approximate surface area is 174 Å². The summed E-state index contributed by atoms with van der Waals surface area (Å²) in [6, 6.07) is 12.1. The predicted octanol–water partition coefficient (Wildman–Crippen LogP) is 4.64. The van der Waals surface area contributed by atoms with Crippen molar-refractivity contribution in [2.24, 2.45) is 0 Å². The lowest BCUT2D eigenvalue weighted by atomic mass is 9.87. The highest BCUT2D eigenvalue weighted by Crippen LogP contribution is 2.29. The first-order chi connectivity index (χ1) is 14.3. The van der Waals surface area contributed by atoms with E-state index >= 15 is 0 Å². The van der Waals surface area contributed by atoms with Crippen LogP contribution in [0.1, 0.15) is 44.6 Å². The van der Waals surface area contributed by atoms with E-state index in [0.717, 1.165) is 17.1 Å². The zero-order chi connectivity index (χ0) is 21.3. The largest absolute Gasteiger partial charge is 0.465 e. The van der Waals surface area contributed by atoms with E-state index in [1.165, 1.54) is 10.5 Å². The lowest BCUT2D eigenvalue weighted by Gasteiger charge is -2.20. The third-order valence-electron chi connectivity index (χ3n) is 5.27. The second-order valence-corrected chi connectivity index (χ2v) is 8.56. The maximum Gasteiger partial charge on any atom is 0.407 e. The monoisotopic (exact) mass is 407 g/mol. The van der Waals surface area contributed by atoms with Gasteiger partial charge in [-0.1, -0.05) is 38.1 Å². The molecule has 0 spiro atoms. The van der Waals surface area contributed by atoms with Crippen molar-refractivity contribution in [3.63, 3.8) is 0 Å². The number of carbonyl (C=O) groups is 1. The third kappa shape index (κ3) is 4.27. The van der Waals surface area contributed by atoms with E-state index in [4.69, 9.17) is 9.63 Å². The fourth-order valence-electron chi connectivity index (χ4n) is 3.47. The number of hydrogen-bond acceptors (Lipinski definition) is 6. The summed E-state index contributed by atoms with van der Waals surface area (Å²) < 4.78 is 5.38. The fourth-order valence-corrected chi connectivity index (χ4v) is 3.47. The SMILES string of the molecule is CC(C)(C)c1cccc(Nc2ccc(-c3noc(C4CCN(C(=O)O)C4)n3)cn2)c1. The topological polar surface area (TPSA) is 104 Å². The van der Waals surface area contributed by atoms with Gasteiger partial charge in [0.1, 0.15) is 5.82 Å². The van der Waals surface area contributed by atoms with Crippen molar-refractivity contribution in [2.75, 3.05) is 18.4 Å². The van der Waals surface area contributed by atoms with Crippen molar-refractivity contribution in [1.82, 2.24) is 20.0 Å². The Balaban J connectivity index is 1.45. The number of pyridine rings is 1. The number of aromatic nitrogens is 3. The minimum absolute atomic E-state index is 0.0636. The van der Waals surface area contributed by atoms with E-state index in [1.807, 2.05) is 24.3 Å². The molecule has 2 N–H and O–H groups in total. The van der Waals surface area contributed by atoms with Gasteiger partial charge in [0.05, 0.1) is 5.92 Å². The molecule has 1 amide bonds. The molecule has 3 aromatic rings. The van der Waals surface area contributed by atoms with Crippen LogP contribution in [-0.2, 0) is 5.41 Å². The van der Waals surface area contributed by atoms with E-state index in [9.17, 15) is 4.79 Å². The minimum atomic E-state index is -0.919. The van der Waals surface area contributed by atoms with Crippen molar-refractivity contribution in [3.05, 3.63) is 54.0 Å². The van der Waals surface area contributed by atoms with Gasteiger partial charge in [0.15, 0.2) is 0 Å². The van der Waals surface area contributed by atoms with Crippen LogP contribution < -0.4 is 5.32 Å². The average molecular weight is 407 g/mol. The molecule has 8 nitrogen and oxygen atoms in total. The Hall–Kier alpha value is -3.42. The van der Waals surface area contributed by atoms with E-state index < -0.39 is 6.09 Å². The molecule has 0 radical (unpaired) electrons. The number of carboxylic acid groups (broad SMARTS) is 1. The molecule has 0 aliphatic carbocycles. The lowest BCUT2D eigenvalue weighted by Crippen LogP contribution is -2.26. The molecule has 1 aromatic carbocycles. The van der Waals surface area contributed by atoms with Gasteiger partial charge in [-0.25, -0.2) is 9.78 Å². The van der Waals surface area contributed by atoms with Crippen molar-refractivity contribution in [1.29, 1.82) is 0 Å². The highest BCUT2D eigenvalue weighted by atomic mass is 16.5. The van der Waals surface area contributed by atoms with Gasteiger partial charge in [-0.15, -0.1) is 0 Å². The molecular weight excluding hydrogens is 382 g/mol. The maximum atomic E-state index is 11.1. The first-order valence-electron chi connectivity index (χ1n) is 9.95. The van der Waals surface area contributed by atoms with Gasteiger partial charge in [-0.3, -0.25) is 0 Å². The van der Waals surface area contributed by atoms with Gasteiger partial charge in [0.2, 0.25) is 11.7 Å². The Morgan fingerprint density at radius 3 is 2.77 bits per heavy atom. The molecule has 30 heavy (non-hydrogen) atoms. The minimum Gasteiger partial charge on any atom is -0.465 e. The Morgan fingerprint density at radius 2 is 2.10 bits per heavy atom. The van der Waals surface area contributed by atoms with E-state index in [1.54, 1.807) is 6.20 Å². The third-order valence-corrected chi connectivity index (χ3v) is 5.27. The molecule has 4 rings (SSSR count). The molecule has 0 bridgehead atoms. The van der Waals surface area contributed by atoms with Gasteiger partial charge in [-0.2, -0.15) is 4.98 Å². The zero-order valence-electron chi connectivity index (χ0n) is 17.3. The molecule has 3 heterocycles. The highest BCUT2D eigenvalue weighted by Gasteiger charge is 2.31. The van der Waals surface area contributed by atoms with Gasteiger partial charge >= 0.3 is 6.09 Å². The van der Waals surface area contributed by atoms with Crippen LogP contribution in [-0.4, -0.2) is 44.3 Å².